The number of nitriles is 1. The largest absolute Gasteiger partial charge is 0.381 e. The summed E-state index contributed by atoms with van der Waals surface area (Å²) >= 11 is 0. The summed E-state index contributed by atoms with van der Waals surface area (Å²) in [4.78, 5) is 0. The molecule has 0 aromatic heterocycles. The molecule has 2 heteroatoms. The van der Waals surface area contributed by atoms with Gasteiger partial charge in [-0.05, 0) is 38.0 Å². The van der Waals surface area contributed by atoms with Gasteiger partial charge in [-0.25, -0.2) is 0 Å². The lowest BCUT2D eigenvalue weighted by molar-refractivity contribution is 0.813. The molecule has 1 atom stereocenters. The first-order chi connectivity index (χ1) is 7.17. The van der Waals surface area contributed by atoms with E-state index in [0.717, 1.165) is 17.7 Å². The quantitative estimate of drug-likeness (QED) is 0.757. The lowest BCUT2D eigenvalue weighted by Gasteiger charge is -2.14. The molecule has 0 aliphatic heterocycles. The topological polar surface area (TPSA) is 35.8 Å². The van der Waals surface area contributed by atoms with Crippen molar-refractivity contribution in [2.24, 2.45) is 0 Å². The van der Waals surface area contributed by atoms with Gasteiger partial charge in [-0.1, -0.05) is 12.1 Å². The first-order valence-electron chi connectivity index (χ1n) is 5.05. The molecule has 78 valence electrons. The molecule has 1 unspecified atom stereocenters. The standard InChI is InChI=1S/C13H16N2/c1-4-5-11(3)15-13-7-6-10(2)8-12(13)9-14/h4,6-8,11,15H,1,5H2,2-3H3. The number of nitrogens with zero attached hydrogens (tertiary/aromatic N) is 1. The second-order valence-electron chi connectivity index (χ2n) is 3.73. The van der Waals surface area contributed by atoms with E-state index < -0.39 is 0 Å². The van der Waals surface area contributed by atoms with Crippen LogP contribution in [0.3, 0.4) is 0 Å². The third kappa shape index (κ3) is 3.14. The number of nitrogens with one attached hydrogen (secondary N) is 1. The minimum absolute atomic E-state index is 0.303. The maximum atomic E-state index is 8.98. The van der Waals surface area contributed by atoms with E-state index in [4.69, 9.17) is 5.26 Å². The summed E-state index contributed by atoms with van der Waals surface area (Å²) in [6.07, 6.45) is 2.76. The van der Waals surface area contributed by atoms with E-state index in [1.807, 2.05) is 31.2 Å². The van der Waals surface area contributed by atoms with Gasteiger partial charge < -0.3 is 5.32 Å². The zero-order valence-electron chi connectivity index (χ0n) is 9.25. The van der Waals surface area contributed by atoms with Crippen molar-refractivity contribution in [3.63, 3.8) is 0 Å². The highest BCUT2D eigenvalue weighted by Gasteiger charge is 2.04. The predicted molar refractivity (Wildman–Crippen MR) is 63.8 cm³/mol. The maximum Gasteiger partial charge on any atom is 0.101 e. The maximum absolute atomic E-state index is 8.98. The number of anilines is 1. The van der Waals surface area contributed by atoms with Gasteiger partial charge in [0.1, 0.15) is 6.07 Å². The van der Waals surface area contributed by atoms with Crippen molar-refractivity contribution >= 4 is 5.69 Å². The van der Waals surface area contributed by atoms with Gasteiger partial charge in [0, 0.05) is 6.04 Å². The van der Waals surface area contributed by atoms with Gasteiger partial charge in [-0.3, -0.25) is 0 Å². The molecule has 0 fully saturated rings. The first kappa shape index (κ1) is 11.3. The molecular formula is C13H16N2. The smallest absolute Gasteiger partial charge is 0.101 e. The average molecular weight is 200 g/mol. The Morgan fingerprint density at radius 1 is 1.60 bits per heavy atom. The summed E-state index contributed by atoms with van der Waals surface area (Å²) in [5.41, 5.74) is 2.71. The number of aryl methyl sites for hydroxylation is 1. The summed E-state index contributed by atoms with van der Waals surface area (Å²) < 4.78 is 0. The van der Waals surface area contributed by atoms with Crippen LogP contribution in [0.4, 0.5) is 5.69 Å². The number of rotatable bonds is 4. The second-order valence-corrected chi connectivity index (χ2v) is 3.73. The molecule has 15 heavy (non-hydrogen) atoms. The van der Waals surface area contributed by atoms with Crippen LogP contribution in [0.5, 0.6) is 0 Å². The molecule has 1 N–H and O–H groups in total. The lowest BCUT2D eigenvalue weighted by Crippen LogP contribution is -2.14. The monoisotopic (exact) mass is 200 g/mol. The van der Waals surface area contributed by atoms with Gasteiger partial charge in [-0.2, -0.15) is 5.26 Å². The van der Waals surface area contributed by atoms with Crippen LogP contribution >= 0.6 is 0 Å². The summed E-state index contributed by atoms with van der Waals surface area (Å²) in [5, 5.41) is 12.3. The van der Waals surface area contributed by atoms with Crippen LogP contribution in [0.25, 0.3) is 0 Å². The Morgan fingerprint density at radius 3 is 2.93 bits per heavy atom. The number of benzene rings is 1. The van der Waals surface area contributed by atoms with Gasteiger partial charge in [-0.15, -0.1) is 6.58 Å². The minimum atomic E-state index is 0.303. The average Bonchev–Trinajstić information content (AvgIpc) is 2.21. The zero-order valence-corrected chi connectivity index (χ0v) is 9.25. The molecular weight excluding hydrogens is 184 g/mol. The Bertz CT molecular complexity index is 388. The van der Waals surface area contributed by atoms with Gasteiger partial charge in [0.15, 0.2) is 0 Å². The Morgan fingerprint density at radius 2 is 2.33 bits per heavy atom. The van der Waals surface area contributed by atoms with Crippen LogP contribution in [0.2, 0.25) is 0 Å². The molecule has 0 radical (unpaired) electrons. The molecule has 1 rings (SSSR count). The van der Waals surface area contributed by atoms with Crippen molar-refractivity contribution in [1.82, 2.24) is 0 Å². The van der Waals surface area contributed by atoms with Crippen LogP contribution in [-0.4, -0.2) is 6.04 Å². The van der Waals surface area contributed by atoms with Gasteiger partial charge >= 0.3 is 0 Å². The highest BCUT2D eigenvalue weighted by Crippen LogP contribution is 2.17. The Balaban J connectivity index is 2.85. The molecule has 0 saturated carbocycles. The van der Waals surface area contributed by atoms with E-state index in [2.05, 4.69) is 24.9 Å². The summed E-state index contributed by atoms with van der Waals surface area (Å²) in [7, 11) is 0. The van der Waals surface area contributed by atoms with Crippen LogP contribution < -0.4 is 5.32 Å². The highest BCUT2D eigenvalue weighted by atomic mass is 14.9. The summed E-state index contributed by atoms with van der Waals surface area (Å²) in [5.74, 6) is 0. The van der Waals surface area contributed by atoms with E-state index in [-0.39, 0.29) is 0 Å². The fraction of sp³-hybridized carbons (Fsp3) is 0.308. The molecule has 1 aromatic carbocycles. The van der Waals surface area contributed by atoms with E-state index in [1.165, 1.54) is 0 Å². The summed E-state index contributed by atoms with van der Waals surface area (Å²) in [6.45, 7) is 7.75. The minimum Gasteiger partial charge on any atom is -0.381 e. The summed E-state index contributed by atoms with van der Waals surface area (Å²) in [6, 6.07) is 8.35. The van der Waals surface area contributed by atoms with Crippen molar-refractivity contribution in [3.05, 3.63) is 42.0 Å². The fourth-order valence-electron chi connectivity index (χ4n) is 1.45. The van der Waals surface area contributed by atoms with Crippen molar-refractivity contribution in [2.45, 2.75) is 26.3 Å². The third-order valence-corrected chi connectivity index (χ3v) is 2.22. The lowest BCUT2D eigenvalue weighted by atomic mass is 10.1. The van der Waals surface area contributed by atoms with Gasteiger partial charge in [0.2, 0.25) is 0 Å². The van der Waals surface area contributed by atoms with Gasteiger partial charge in [0.05, 0.1) is 11.3 Å². The first-order valence-corrected chi connectivity index (χ1v) is 5.05. The van der Waals surface area contributed by atoms with E-state index in [1.54, 1.807) is 0 Å². The number of hydrogen-bond donors (Lipinski definition) is 1. The van der Waals surface area contributed by atoms with Crippen LogP contribution in [-0.2, 0) is 0 Å². The number of hydrogen-bond acceptors (Lipinski definition) is 2. The van der Waals surface area contributed by atoms with Gasteiger partial charge in [0.25, 0.3) is 0 Å². The van der Waals surface area contributed by atoms with E-state index in [0.29, 0.717) is 11.6 Å². The molecule has 0 aliphatic carbocycles. The molecule has 0 amide bonds. The molecule has 0 spiro atoms. The van der Waals surface area contributed by atoms with Crippen LogP contribution in [0, 0.1) is 18.3 Å². The van der Waals surface area contributed by atoms with Crippen molar-refractivity contribution < 1.29 is 0 Å². The van der Waals surface area contributed by atoms with Crippen molar-refractivity contribution in [2.75, 3.05) is 5.32 Å². The predicted octanol–water partition coefficient (Wildman–Crippen LogP) is 3.24. The second kappa shape index (κ2) is 5.21. The van der Waals surface area contributed by atoms with Crippen LogP contribution in [0.1, 0.15) is 24.5 Å². The SMILES string of the molecule is C=CCC(C)Nc1ccc(C)cc1C#N. The normalized spacial score (nSPS) is 11.5. The molecule has 1 aromatic rings. The molecule has 0 bridgehead atoms. The van der Waals surface area contributed by atoms with Crippen LogP contribution in [0.15, 0.2) is 30.9 Å². The molecule has 2 nitrogen and oxygen atoms in total. The van der Waals surface area contributed by atoms with Crippen molar-refractivity contribution in [1.29, 1.82) is 5.26 Å². The zero-order chi connectivity index (χ0) is 11.3. The molecule has 0 aliphatic rings. The third-order valence-electron chi connectivity index (χ3n) is 2.22. The molecule has 0 heterocycles. The van der Waals surface area contributed by atoms with Crippen molar-refractivity contribution in [3.8, 4) is 6.07 Å². The van der Waals surface area contributed by atoms with E-state index >= 15 is 0 Å². The van der Waals surface area contributed by atoms with E-state index in [9.17, 15) is 0 Å². The Kier molecular flexibility index (Phi) is 3.93. The Labute approximate surface area is 91.2 Å². The Hall–Kier alpha value is -1.75. The highest BCUT2D eigenvalue weighted by molar-refractivity contribution is 5.58. The fourth-order valence-corrected chi connectivity index (χ4v) is 1.45. The molecule has 0 saturated heterocycles.